The minimum absolute atomic E-state index is 0.0344. The molecule has 246 valence electrons. The molecule has 10 nitrogen and oxygen atoms in total. The predicted octanol–water partition coefficient (Wildman–Crippen LogP) is 6.21. The van der Waals surface area contributed by atoms with Gasteiger partial charge in [0.2, 0.25) is 11.8 Å². The third-order valence-electron chi connectivity index (χ3n) is 10.1. The summed E-state index contributed by atoms with van der Waals surface area (Å²) in [5, 5.41) is 19.4. The van der Waals surface area contributed by atoms with Gasteiger partial charge in [-0.05, 0) is 73.4 Å². The predicted molar refractivity (Wildman–Crippen MR) is 177 cm³/mol. The molecule has 4 amide bonds. The number of halogens is 3. The summed E-state index contributed by atoms with van der Waals surface area (Å²) in [5.74, 6) is -7.93. The number of benzene rings is 3. The number of hydrogen-bond acceptors (Lipinski definition) is 8. The molecule has 4 aliphatic rings. The molecule has 3 aromatic rings. The lowest BCUT2D eigenvalue weighted by Gasteiger charge is -2.50. The first-order valence-electron chi connectivity index (χ1n) is 15.3. The fourth-order valence-corrected chi connectivity index (χ4v) is 8.72. The van der Waals surface area contributed by atoms with Crippen molar-refractivity contribution in [3.05, 3.63) is 89.8 Å². The standard InChI is InChI=1S/C35H30Cl2FN5O5/c1-41(2)20-11-7-18(8-12-20)39-40-19-9-13-21(14-10-19)43-30(45)23-16-15-22-25(27(23)31(43)46)17-34(36)32(47)42(3)33(48)35(34,37)28(22)24-5-4-6-26(38)29(24)44/h4-15,23,25,27-28,44H,16-17H2,1-3H3. The smallest absolute Gasteiger partial charge is 0.253 e. The van der Waals surface area contributed by atoms with Crippen LogP contribution in [0.2, 0.25) is 0 Å². The molecule has 0 bridgehead atoms. The molecular weight excluding hydrogens is 660 g/mol. The zero-order valence-corrected chi connectivity index (χ0v) is 27.6. The molecule has 2 aliphatic heterocycles. The van der Waals surface area contributed by atoms with Crippen molar-refractivity contribution in [2.75, 3.05) is 30.9 Å². The van der Waals surface area contributed by atoms with E-state index in [2.05, 4.69) is 10.2 Å². The van der Waals surface area contributed by atoms with E-state index in [-0.39, 0.29) is 18.4 Å². The molecule has 6 unspecified atom stereocenters. The minimum Gasteiger partial charge on any atom is -0.505 e. The lowest BCUT2D eigenvalue weighted by atomic mass is 9.56. The molecule has 2 aliphatic carbocycles. The number of allylic oxidation sites excluding steroid dienone is 2. The van der Waals surface area contributed by atoms with Crippen molar-refractivity contribution >= 4 is 69.6 Å². The van der Waals surface area contributed by atoms with Crippen LogP contribution in [0.5, 0.6) is 5.75 Å². The minimum atomic E-state index is -2.12. The van der Waals surface area contributed by atoms with Crippen LogP contribution in [0.1, 0.15) is 24.3 Å². The van der Waals surface area contributed by atoms with Gasteiger partial charge in [-0.15, -0.1) is 23.2 Å². The molecule has 7 rings (SSSR count). The number of para-hydroxylation sites is 1. The van der Waals surface area contributed by atoms with Gasteiger partial charge in [-0.3, -0.25) is 29.0 Å². The number of fused-ring (bicyclic) bond motifs is 4. The maximum absolute atomic E-state index is 14.7. The van der Waals surface area contributed by atoms with Crippen molar-refractivity contribution < 1.29 is 28.7 Å². The van der Waals surface area contributed by atoms with Gasteiger partial charge in [0.25, 0.3) is 11.8 Å². The second-order valence-corrected chi connectivity index (χ2v) is 14.1. The highest BCUT2D eigenvalue weighted by Gasteiger charge is 2.76. The lowest BCUT2D eigenvalue weighted by Crippen LogP contribution is -2.60. The van der Waals surface area contributed by atoms with E-state index in [1.807, 2.05) is 43.3 Å². The summed E-state index contributed by atoms with van der Waals surface area (Å²) in [6, 6.07) is 17.9. The number of aromatic hydroxyl groups is 1. The fourth-order valence-electron chi connectivity index (χ4n) is 7.71. The van der Waals surface area contributed by atoms with Crippen molar-refractivity contribution in [3.63, 3.8) is 0 Å². The van der Waals surface area contributed by atoms with Gasteiger partial charge in [0.1, 0.15) is 0 Å². The highest BCUT2D eigenvalue weighted by atomic mass is 35.5. The van der Waals surface area contributed by atoms with Gasteiger partial charge in [0.05, 0.1) is 28.9 Å². The summed E-state index contributed by atoms with van der Waals surface area (Å²) in [7, 11) is 5.15. The Hall–Kier alpha value is -4.61. The normalized spacial score (nSPS) is 29.7. The number of rotatable bonds is 5. The lowest BCUT2D eigenvalue weighted by molar-refractivity contribution is -0.138. The average molecular weight is 691 g/mol. The molecule has 13 heteroatoms. The van der Waals surface area contributed by atoms with Crippen molar-refractivity contribution in [3.8, 4) is 5.75 Å². The van der Waals surface area contributed by atoms with E-state index in [1.165, 1.54) is 19.2 Å². The number of hydrogen-bond donors (Lipinski definition) is 1. The fraction of sp³-hybridized carbons (Fsp3) is 0.314. The number of anilines is 2. The monoisotopic (exact) mass is 689 g/mol. The van der Waals surface area contributed by atoms with Crippen molar-refractivity contribution in [1.82, 2.24) is 4.90 Å². The molecular formula is C35H30Cl2FN5O5. The average Bonchev–Trinajstić information content (AvgIpc) is 3.40. The van der Waals surface area contributed by atoms with Crippen molar-refractivity contribution in [1.29, 1.82) is 0 Å². The summed E-state index contributed by atoms with van der Waals surface area (Å²) < 4.78 is 14.7. The van der Waals surface area contributed by atoms with Gasteiger partial charge in [0, 0.05) is 38.3 Å². The van der Waals surface area contributed by atoms with Gasteiger partial charge in [-0.2, -0.15) is 10.2 Å². The molecule has 0 aromatic heterocycles. The van der Waals surface area contributed by atoms with E-state index in [1.54, 1.807) is 30.3 Å². The van der Waals surface area contributed by atoms with Crippen LogP contribution in [0.3, 0.4) is 0 Å². The summed E-state index contributed by atoms with van der Waals surface area (Å²) in [5.41, 5.74) is 2.95. The molecule has 1 saturated carbocycles. The van der Waals surface area contributed by atoms with E-state index >= 15 is 0 Å². The molecule has 48 heavy (non-hydrogen) atoms. The quantitative estimate of drug-likeness (QED) is 0.147. The molecule has 2 saturated heterocycles. The first-order valence-corrected chi connectivity index (χ1v) is 16.1. The summed E-state index contributed by atoms with van der Waals surface area (Å²) in [6.45, 7) is 0. The number of amides is 4. The molecule has 3 aromatic carbocycles. The van der Waals surface area contributed by atoms with E-state index in [4.69, 9.17) is 23.2 Å². The number of nitrogens with zero attached hydrogens (tertiary/aromatic N) is 5. The third-order valence-corrected chi connectivity index (χ3v) is 11.5. The largest absolute Gasteiger partial charge is 0.505 e. The van der Waals surface area contributed by atoms with E-state index in [0.717, 1.165) is 21.6 Å². The first-order chi connectivity index (χ1) is 22.8. The number of carbonyl (C=O) groups is 4. The molecule has 3 fully saturated rings. The molecule has 0 spiro atoms. The number of likely N-dealkylation sites (tertiary alicyclic amines) is 1. The number of imide groups is 2. The van der Waals surface area contributed by atoms with Crippen molar-refractivity contribution in [2.24, 2.45) is 28.0 Å². The topological polar surface area (TPSA) is 123 Å². The van der Waals surface area contributed by atoms with Crippen LogP contribution in [0.15, 0.2) is 88.6 Å². The SMILES string of the molecule is CN1C(=O)C2(Cl)CC3C(=CCC4C(=O)N(c5ccc(N=Nc6ccc(N(C)C)cc6)cc5)C(=O)C43)C(c3cccc(F)c3O)C2(Cl)C1=O. The zero-order valence-electron chi connectivity index (χ0n) is 26.1. The summed E-state index contributed by atoms with van der Waals surface area (Å²) in [4.78, 5) is 55.0. The maximum atomic E-state index is 14.7. The summed E-state index contributed by atoms with van der Waals surface area (Å²) >= 11 is 14.2. The Morgan fingerprint density at radius 3 is 2.12 bits per heavy atom. The van der Waals surface area contributed by atoms with Crippen LogP contribution >= 0.6 is 23.2 Å². The van der Waals surface area contributed by atoms with Crippen LogP contribution in [-0.2, 0) is 19.2 Å². The zero-order chi connectivity index (χ0) is 34.3. The number of alkyl halides is 2. The van der Waals surface area contributed by atoms with Crippen LogP contribution in [0, 0.1) is 23.6 Å². The number of carbonyl (C=O) groups excluding carboxylic acids is 4. The van der Waals surface area contributed by atoms with Gasteiger partial charge in [-0.1, -0.05) is 23.8 Å². The second kappa shape index (κ2) is 11.2. The highest BCUT2D eigenvalue weighted by molar-refractivity contribution is 6.53. The Balaban J connectivity index is 1.22. The van der Waals surface area contributed by atoms with Crippen LogP contribution < -0.4 is 9.80 Å². The third kappa shape index (κ3) is 4.43. The van der Waals surface area contributed by atoms with E-state index < -0.39 is 68.6 Å². The molecule has 0 radical (unpaired) electrons. The second-order valence-electron chi connectivity index (χ2n) is 12.8. The van der Waals surface area contributed by atoms with Crippen LogP contribution in [0.25, 0.3) is 0 Å². The summed E-state index contributed by atoms with van der Waals surface area (Å²) in [6.07, 6.45) is 1.64. The van der Waals surface area contributed by atoms with Gasteiger partial charge >= 0.3 is 0 Å². The van der Waals surface area contributed by atoms with E-state index in [9.17, 15) is 28.7 Å². The number of azo groups is 1. The van der Waals surface area contributed by atoms with E-state index in [0.29, 0.717) is 22.6 Å². The number of phenols is 1. The Bertz CT molecular complexity index is 1950. The molecule has 1 N–H and O–H groups in total. The molecule has 2 heterocycles. The number of phenolic OH excluding ortho intramolecular Hbond substituents is 1. The highest BCUT2D eigenvalue weighted by Crippen LogP contribution is 2.66. The van der Waals surface area contributed by atoms with Crippen LogP contribution in [0.4, 0.5) is 27.1 Å². The van der Waals surface area contributed by atoms with Gasteiger partial charge in [-0.25, -0.2) is 4.39 Å². The molecule has 6 atom stereocenters. The van der Waals surface area contributed by atoms with Crippen molar-refractivity contribution in [2.45, 2.75) is 28.5 Å². The maximum Gasteiger partial charge on any atom is 0.253 e. The Morgan fingerprint density at radius 2 is 1.50 bits per heavy atom. The van der Waals surface area contributed by atoms with Crippen LogP contribution in [-0.4, -0.2) is 64.5 Å². The van der Waals surface area contributed by atoms with Gasteiger partial charge in [0.15, 0.2) is 21.3 Å². The Morgan fingerprint density at radius 1 is 0.875 bits per heavy atom. The first kappa shape index (κ1) is 32.0. The Kier molecular flexibility index (Phi) is 7.48. The Labute approximate surface area is 285 Å². The van der Waals surface area contributed by atoms with Gasteiger partial charge < -0.3 is 10.0 Å².